The van der Waals surface area contributed by atoms with Gasteiger partial charge in [0, 0.05) is 29.7 Å². The first-order chi connectivity index (χ1) is 15.0. The van der Waals surface area contributed by atoms with Crippen LogP contribution in [0.15, 0.2) is 77.7 Å². The average Bonchev–Trinajstić information content (AvgIpc) is 3.54. The molecule has 0 saturated carbocycles. The molecule has 5 rings (SSSR count). The molecule has 1 aliphatic rings. The third-order valence-corrected chi connectivity index (χ3v) is 7.07. The van der Waals surface area contributed by atoms with Crippen molar-refractivity contribution in [2.75, 3.05) is 16.8 Å². The summed E-state index contributed by atoms with van der Waals surface area (Å²) in [6.45, 7) is 0. The van der Waals surface area contributed by atoms with Crippen LogP contribution in [0.3, 0.4) is 0 Å². The number of furan rings is 1. The van der Waals surface area contributed by atoms with E-state index in [1.165, 1.54) is 0 Å². The molecule has 1 atom stereocenters. The smallest absolute Gasteiger partial charge is 0.256 e. The van der Waals surface area contributed by atoms with Gasteiger partial charge in [0.25, 0.3) is 5.91 Å². The molecule has 1 amide bonds. The van der Waals surface area contributed by atoms with E-state index in [0.717, 1.165) is 5.69 Å². The maximum absolute atomic E-state index is 13.0. The molecule has 1 N–H and O–H groups in total. The van der Waals surface area contributed by atoms with Crippen molar-refractivity contribution >= 4 is 21.6 Å². The summed E-state index contributed by atoms with van der Waals surface area (Å²) in [6.07, 6.45) is 5.80. The predicted octanol–water partition coefficient (Wildman–Crippen LogP) is 3.55. The summed E-state index contributed by atoms with van der Waals surface area (Å²) >= 11 is 0. The minimum Gasteiger partial charge on any atom is -0.463 e. The molecule has 158 valence electrons. The van der Waals surface area contributed by atoms with Crippen molar-refractivity contribution in [1.82, 2.24) is 14.3 Å². The zero-order chi connectivity index (χ0) is 21.4. The minimum absolute atomic E-state index is 0.00173. The number of sulfone groups is 1. The number of benzene rings is 1. The largest absolute Gasteiger partial charge is 0.463 e. The Morgan fingerprint density at radius 2 is 1.94 bits per heavy atom. The number of anilines is 1. The van der Waals surface area contributed by atoms with Gasteiger partial charge in [0.2, 0.25) is 0 Å². The minimum atomic E-state index is -3.12. The number of carbonyl (C=O) groups is 1. The molecule has 1 unspecified atom stereocenters. The fraction of sp³-hybridized carbons (Fsp3) is 0.182. The number of hydrogen-bond acceptors (Lipinski definition) is 5. The fourth-order valence-electron chi connectivity index (χ4n) is 3.78. The van der Waals surface area contributed by atoms with Crippen molar-refractivity contribution in [1.29, 1.82) is 0 Å². The van der Waals surface area contributed by atoms with E-state index in [4.69, 9.17) is 4.42 Å². The highest BCUT2D eigenvalue weighted by Gasteiger charge is 2.32. The zero-order valence-corrected chi connectivity index (χ0v) is 17.3. The second-order valence-corrected chi connectivity index (χ2v) is 9.72. The highest BCUT2D eigenvalue weighted by atomic mass is 32.2. The van der Waals surface area contributed by atoms with Gasteiger partial charge >= 0.3 is 0 Å². The lowest BCUT2D eigenvalue weighted by atomic mass is 10.2. The topological polar surface area (TPSA) is 99.1 Å². The highest BCUT2D eigenvalue weighted by molar-refractivity contribution is 7.91. The second kappa shape index (κ2) is 7.59. The predicted molar refractivity (Wildman–Crippen MR) is 116 cm³/mol. The molecule has 9 heteroatoms. The first-order valence-electron chi connectivity index (χ1n) is 9.87. The van der Waals surface area contributed by atoms with Gasteiger partial charge in [0.15, 0.2) is 15.6 Å². The van der Waals surface area contributed by atoms with Gasteiger partial charge in [-0.2, -0.15) is 5.10 Å². The lowest BCUT2D eigenvalue weighted by molar-refractivity contribution is 0.102. The Kier molecular flexibility index (Phi) is 4.74. The number of hydrogen-bond donors (Lipinski definition) is 1. The van der Waals surface area contributed by atoms with E-state index < -0.39 is 9.84 Å². The van der Waals surface area contributed by atoms with Gasteiger partial charge in [-0.15, -0.1) is 0 Å². The van der Waals surface area contributed by atoms with Gasteiger partial charge in [0.1, 0.15) is 11.5 Å². The number of nitrogens with one attached hydrogen (secondary N) is 1. The molecule has 31 heavy (non-hydrogen) atoms. The van der Waals surface area contributed by atoms with Gasteiger partial charge in [-0.1, -0.05) is 6.07 Å². The first-order valence-corrected chi connectivity index (χ1v) is 11.7. The molecule has 4 aromatic rings. The van der Waals surface area contributed by atoms with Crippen molar-refractivity contribution in [3.63, 3.8) is 0 Å². The van der Waals surface area contributed by atoms with Crippen LogP contribution in [0.2, 0.25) is 0 Å². The summed E-state index contributed by atoms with van der Waals surface area (Å²) in [5, 5.41) is 7.45. The van der Waals surface area contributed by atoms with E-state index in [0.29, 0.717) is 29.3 Å². The number of rotatable bonds is 5. The van der Waals surface area contributed by atoms with Crippen LogP contribution in [0.4, 0.5) is 5.82 Å². The van der Waals surface area contributed by atoms with Crippen molar-refractivity contribution < 1.29 is 17.6 Å². The molecule has 0 bridgehead atoms. The van der Waals surface area contributed by atoms with Crippen LogP contribution in [0, 0.1) is 0 Å². The lowest BCUT2D eigenvalue weighted by Gasteiger charge is -2.14. The van der Waals surface area contributed by atoms with Crippen LogP contribution < -0.4 is 5.32 Å². The lowest BCUT2D eigenvalue weighted by Crippen LogP contribution is -2.19. The maximum Gasteiger partial charge on any atom is 0.256 e. The highest BCUT2D eigenvalue weighted by Crippen LogP contribution is 2.30. The van der Waals surface area contributed by atoms with Gasteiger partial charge in [-0.25, -0.2) is 13.1 Å². The van der Waals surface area contributed by atoms with Crippen molar-refractivity contribution in [2.45, 2.75) is 12.5 Å². The third-order valence-electron chi connectivity index (χ3n) is 5.32. The van der Waals surface area contributed by atoms with Crippen LogP contribution in [0.5, 0.6) is 0 Å². The Labute approximate surface area is 179 Å². The average molecular weight is 436 g/mol. The summed E-state index contributed by atoms with van der Waals surface area (Å²) in [4.78, 5) is 13.0. The van der Waals surface area contributed by atoms with E-state index >= 15 is 0 Å². The first kappa shape index (κ1) is 19.4. The number of nitrogens with zero attached hydrogens (tertiary/aromatic N) is 3. The number of aromatic nitrogens is 3. The summed E-state index contributed by atoms with van der Waals surface area (Å²) in [5.41, 5.74) is 1.88. The Morgan fingerprint density at radius 1 is 1.10 bits per heavy atom. The van der Waals surface area contributed by atoms with Crippen LogP contribution in [-0.4, -0.2) is 40.2 Å². The third kappa shape index (κ3) is 3.91. The zero-order valence-electron chi connectivity index (χ0n) is 16.5. The Morgan fingerprint density at radius 3 is 2.65 bits per heavy atom. The van der Waals surface area contributed by atoms with Crippen LogP contribution >= 0.6 is 0 Å². The van der Waals surface area contributed by atoms with Crippen LogP contribution in [-0.2, 0) is 9.84 Å². The molecule has 1 saturated heterocycles. The van der Waals surface area contributed by atoms with Crippen molar-refractivity contribution in [2.24, 2.45) is 0 Å². The summed E-state index contributed by atoms with van der Waals surface area (Å²) in [7, 11) is -3.12. The molecule has 4 heterocycles. The monoisotopic (exact) mass is 436 g/mol. The van der Waals surface area contributed by atoms with E-state index in [9.17, 15) is 13.2 Å². The van der Waals surface area contributed by atoms with Crippen molar-refractivity contribution in [3.05, 3.63) is 78.8 Å². The van der Waals surface area contributed by atoms with Gasteiger partial charge < -0.3 is 14.3 Å². The summed E-state index contributed by atoms with van der Waals surface area (Å²) < 4.78 is 32.9. The Bertz CT molecular complexity index is 1320. The summed E-state index contributed by atoms with van der Waals surface area (Å²) in [6, 6.07) is 16.0. The van der Waals surface area contributed by atoms with Gasteiger partial charge in [-0.05, 0) is 48.9 Å². The standard InChI is InChI=1S/C22H20N4O4S/c27-22(16-5-3-6-17(13-16)25-9-1-2-10-25)23-21-14-19(20-7-4-11-30-20)24-26(21)18-8-12-31(28,29)15-18/h1-7,9-11,13-14,18H,8,12,15H2,(H,23,27). The Balaban J connectivity index is 1.47. The van der Waals surface area contributed by atoms with E-state index in [1.807, 2.05) is 41.2 Å². The molecule has 3 aromatic heterocycles. The van der Waals surface area contributed by atoms with E-state index in [-0.39, 0.29) is 23.5 Å². The molecule has 1 aromatic carbocycles. The quantitative estimate of drug-likeness (QED) is 0.516. The van der Waals surface area contributed by atoms with Gasteiger partial charge in [0.05, 0.1) is 23.8 Å². The molecular weight excluding hydrogens is 416 g/mol. The number of amides is 1. The maximum atomic E-state index is 13.0. The molecule has 0 aliphatic carbocycles. The van der Waals surface area contributed by atoms with Crippen LogP contribution in [0.25, 0.3) is 17.1 Å². The number of carbonyl (C=O) groups excluding carboxylic acids is 1. The fourth-order valence-corrected chi connectivity index (χ4v) is 5.47. The molecule has 1 fully saturated rings. The molecule has 8 nitrogen and oxygen atoms in total. The van der Waals surface area contributed by atoms with E-state index in [2.05, 4.69) is 10.4 Å². The molecule has 0 radical (unpaired) electrons. The summed E-state index contributed by atoms with van der Waals surface area (Å²) in [5.74, 6) is 0.787. The van der Waals surface area contributed by atoms with E-state index in [1.54, 1.807) is 41.3 Å². The normalized spacial score (nSPS) is 17.6. The molecule has 1 aliphatic heterocycles. The SMILES string of the molecule is O=C(Nc1cc(-c2ccco2)nn1C1CCS(=O)(=O)C1)c1cccc(-n2cccc2)c1. The molecular formula is C22H20N4O4S. The Hall–Kier alpha value is -3.59. The molecule has 0 spiro atoms. The van der Waals surface area contributed by atoms with Crippen molar-refractivity contribution in [3.8, 4) is 17.1 Å². The van der Waals surface area contributed by atoms with Crippen LogP contribution in [0.1, 0.15) is 22.8 Å². The second-order valence-electron chi connectivity index (χ2n) is 7.49. The van der Waals surface area contributed by atoms with Gasteiger partial charge in [-0.3, -0.25) is 4.79 Å².